The van der Waals surface area contributed by atoms with E-state index in [1.807, 2.05) is 0 Å². The van der Waals surface area contributed by atoms with Gasteiger partial charge < -0.3 is 4.43 Å². The van der Waals surface area contributed by atoms with Crippen LogP contribution in [-0.2, 0) is 4.43 Å². The maximum Gasteiger partial charge on any atom is 0.460 e. The first-order valence-electron chi connectivity index (χ1n) is 8.49. The Kier molecular flexibility index (Phi) is 8.33. The van der Waals surface area contributed by atoms with E-state index in [0.29, 0.717) is 0 Å². The van der Waals surface area contributed by atoms with Crippen LogP contribution in [0.25, 0.3) is 0 Å². The SMILES string of the molecule is CCC/C(O[Si](C)(C)C)=C(\F)C(F)(F)C(F)(F)C(F)(F)C(F)(F)C(F)(F)C(F)(F)C(F)(F)F. The first-order chi connectivity index (χ1) is 14.1. The van der Waals surface area contributed by atoms with Crippen molar-refractivity contribution in [2.45, 2.75) is 81.1 Å². The smallest absolute Gasteiger partial charge is 0.460 e. The summed E-state index contributed by atoms with van der Waals surface area (Å²) >= 11 is 0. The van der Waals surface area contributed by atoms with Crippen LogP contribution in [0.3, 0.4) is 0 Å². The fourth-order valence-electron chi connectivity index (χ4n) is 2.08. The van der Waals surface area contributed by atoms with E-state index < -0.39 is 68.0 Å². The zero-order chi connectivity index (χ0) is 27.3. The highest BCUT2D eigenvalue weighted by Crippen LogP contribution is 2.63. The molecule has 0 saturated carbocycles. The second-order valence-corrected chi connectivity index (χ2v) is 12.1. The maximum atomic E-state index is 14.1. The van der Waals surface area contributed by atoms with Crippen molar-refractivity contribution in [2.75, 3.05) is 0 Å². The molecule has 0 aromatic heterocycles. The van der Waals surface area contributed by atoms with Crippen LogP contribution in [0.1, 0.15) is 19.8 Å². The molecular formula is C15H16F16OSi. The Balaban J connectivity index is 6.90. The third kappa shape index (κ3) is 5.04. The molecule has 18 heteroatoms. The van der Waals surface area contributed by atoms with Crippen LogP contribution in [0.4, 0.5) is 70.2 Å². The van der Waals surface area contributed by atoms with Crippen molar-refractivity contribution in [1.82, 2.24) is 0 Å². The van der Waals surface area contributed by atoms with Gasteiger partial charge in [-0.25, -0.2) is 4.39 Å². The number of rotatable bonds is 10. The Bertz CT molecular complexity index is 731. The summed E-state index contributed by atoms with van der Waals surface area (Å²) in [6.07, 6.45) is -9.08. The van der Waals surface area contributed by atoms with E-state index in [0.717, 1.165) is 26.6 Å². The van der Waals surface area contributed by atoms with Crippen LogP contribution < -0.4 is 0 Å². The summed E-state index contributed by atoms with van der Waals surface area (Å²) in [7, 11) is -3.17. The van der Waals surface area contributed by atoms with Gasteiger partial charge in [-0.1, -0.05) is 6.92 Å². The molecule has 0 fully saturated rings. The normalized spacial score (nSPS) is 16.6. The predicted molar refractivity (Wildman–Crippen MR) is 83.2 cm³/mol. The molecule has 0 unspecified atom stereocenters. The van der Waals surface area contributed by atoms with Crippen LogP contribution in [0, 0.1) is 0 Å². The fraction of sp³-hybridized carbons (Fsp3) is 0.867. The second kappa shape index (κ2) is 8.69. The Labute approximate surface area is 176 Å². The topological polar surface area (TPSA) is 9.23 Å². The monoisotopic (exact) mass is 544 g/mol. The average molecular weight is 544 g/mol. The molecule has 0 heterocycles. The molecule has 0 aliphatic carbocycles. The zero-order valence-corrected chi connectivity index (χ0v) is 17.9. The number of allylic oxidation sites excluding steroid dienone is 2. The Morgan fingerprint density at radius 2 is 0.939 bits per heavy atom. The highest BCUT2D eigenvalue weighted by Gasteiger charge is 2.93. The minimum atomic E-state index is -8.46. The van der Waals surface area contributed by atoms with Gasteiger partial charge in [0, 0.05) is 6.42 Å². The lowest BCUT2D eigenvalue weighted by Crippen LogP contribution is -2.72. The largest absolute Gasteiger partial charge is 0.545 e. The summed E-state index contributed by atoms with van der Waals surface area (Å²) in [6.45, 7) is 4.55. The van der Waals surface area contributed by atoms with Gasteiger partial charge in [-0.2, -0.15) is 65.9 Å². The van der Waals surface area contributed by atoms with Gasteiger partial charge in [0.1, 0.15) is 5.76 Å². The van der Waals surface area contributed by atoms with E-state index >= 15 is 0 Å². The molecule has 0 aromatic carbocycles. The van der Waals surface area contributed by atoms with E-state index in [1.165, 1.54) is 0 Å². The number of alkyl halides is 15. The van der Waals surface area contributed by atoms with Gasteiger partial charge in [-0.15, -0.1) is 0 Å². The van der Waals surface area contributed by atoms with Crippen LogP contribution >= 0.6 is 0 Å². The fourth-order valence-corrected chi connectivity index (χ4v) is 3.01. The number of hydrogen-bond acceptors (Lipinski definition) is 1. The summed E-state index contributed by atoms with van der Waals surface area (Å²) in [4.78, 5) is 0. The van der Waals surface area contributed by atoms with E-state index in [2.05, 4.69) is 4.43 Å². The molecule has 0 N–H and O–H groups in total. The molecule has 0 aromatic rings. The molecule has 0 aliphatic rings. The summed E-state index contributed by atoms with van der Waals surface area (Å²) in [5, 5.41) is 0. The van der Waals surface area contributed by atoms with Gasteiger partial charge in [-0.3, -0.25) is 0 Å². The lowest BCUT2D eigenvalue weighted by Gasteiger charge is -2.41. The molecule has 0 radical (unpaired) electrons. The standard InChI is InChI=1S/C15H16F16OSi/c1-5-6-7(32-33(2,3)4)8(16)9(17,18)10(19,20)11(21,22)12(23,24)13(25,26)14(27,28)15(29,30)31/h5-6H2,1-4H3/b8-7+. The molecule has 0 saturated heterocycles. The van der Waals surface area contributed by atoms with Crippen molar-refractivity contribution in [3.8, 4) is 0 Å². The van der Waals surface area contributed by atoms with Gasteiger partial charge in [0.2, 0.25) is 14.1 Å². The maximum absolute atomic E-state index is 14.1. The van der Waals surface area contributed by atoms with Crippen molar-refractivity contribution in [2.24, 2.45) is 0 Å². The van der Waals surface area contributed by atoms with E-state index in [4.69, 9.17) is 0 Å². The van der Waals surface area contributed by atoms with Gasteiger partial charge in [0.05, 0.1) is 0 Å². The van der Waals surface area contributed by atoms with Crippen molar-refractivity contribution in [3.05, 3.63) is 11.6 Å². The Morgan fingerprint density at radius 3 is 1.24 bits per heavy atom. The van der Waals surface area contributed by atoms with Gasteiger partial charge in [0.25, 0.3) is 0 Å². The van der Waals surface area contributed by atoms with Crippen LogP contribution in [0.15, 0.2) is 11.6 Å². The zero-order valence-electron chi connectivity index (χ0n) is 16.9. The summed E-state index contributed by atoms with van der Waals surface area (Å²) in [5.74, 6) is -53.7. The minimum Gasteiger partial charge on any atom is -0.545 e. The molecule has 0 rings (SSSR count). The van der Waals surface area contributed by atoms with Crippen molar-refractivity contribution in [1.29, 1.82) is 0 Å². The van der Waals surface area contributed by atoms with Crippen LogP contribution in [0.2, 0.25) is 19.6 Å². The molecule has 0 spiro atoms. The van der Waals surface area contributed by atoms with Crippen molar-refractivity contribution < 1.29 is 74.7 Å². The first-order valence-corrected chi connectivity index (χ1v) is 11.9. The summed E-state index contributed by atoms with van der Waals surface area (Å²) < 4.78 is 217. The number of hydrogen-bond donors (Lipinski definition) is 0. The molecule has 0 aliphatic heterocycles. The first kappa shape index (κ1) is 31.6. The molecular weight excluding hydrogens is 528 g/mol. The highest BCUT2D eigenvalue weighted by atomic mass is 28.4. The quantitative estimate of drug-likeness (QED) is 0.153. The molecule has 198 valence electrons. The van der Waals surface area contributed by atoms with E-state index in [-0.39, 0.29) is 6.42 Å². The highest BCUT2D eigenvalue weighted by molar-refractivity contribution is 6.70. The van der Waals surface area contributed by atoms with Crippen molar-refractivity contribution in [3.63, 3.8) is 0 Å². The third-order valence-corrected chi connectivity index (χ3v) is 4.61. The Hall–Kier alpha value is -1.36. The molecule has 0 atom stereocenters. The second-order valence-electron chi connectivity index (χ2n) is 7.65. The third-order valence-electron chi connectivity index (χ3n) is 3.75. The van der Waals surface area contributed by atoms with Gasteiger partial charge in [0.15, 0.2) is 0 Å². The molecule has 33 heavy (non-hydrogen) atoms. The molecule has 0 amide bonds. The van der Waals surface area contributed by atoms with E-state index in [9.17, 15) is 70.2 Å². The molecule has 0 bridgehead atoms. The number of halogens is 16. The van der Waals surface area contributed by atoms with Crippen LogP contribution in [-0.4, -0.2) is 50.0 Å². The van der Waals surface area contributed by atoms with E-state index in [1.54, 1.807) is 0 Å². The molecule has 1 nitrogen and oxygen atoms in total. The predicted octanol–water partition coefficient (Wildman–Crippen LogP) is 8.19. The lowest BCUT2D eigenvalue weighted by molar-refractivity contribution is -0.450. The van der Waals surface area contributed by atoms with Gasteiger partial charge >= 0.3 is 41.7 Å². The average Bonchev–Trinajstić information content (AvgIpc) is 2.57. The lowest BCUT2D eigenvalue weighted by atomic mass is 9.90. The minimum absolute atomic E-state index is 0.378. The Morgan fingerprint density at radius 1 is 0.606 bits per heavy atom. The summed E-state index contributed by atoms with van der Waals surface area (Å²) in [5.41, 5.74) is 0. The van der Waals surface area contributed by atoms with Gasteiger partial charge in [-0.05, 0) is 26.1 Å². The summed E-state index contributed by atoms with van der Waals surface area (Å²) in [6, 6.07) is 0. The van der Waals surface area contributed by atoms with Crippen LogP contribution in [0.5, 0.6) is 0 Å². The van der Waals surface area contributed by atoms with Crippen molar-refractivity contribution >= 4 is 8.32 Å².